The van der Waals surface area contributed by atoms with Gasteiger partial charge < -0.3 is 10.2 Å². The Balaban J connectivity index is 1.81. The number of fused-ring (bicyclic) bond motifs is 1. The minimum Gasteiger partial charge on any atom is -0.339 e. The molecule has 2 heterocycles. The van der Waals surface area contributed by atoms with E-state index in [4.69, 9.17) is 18.0 Å². The Morgan fingerprint density at radius 3 is 2.76 bits per heavy atom. The van der Waals surface area contributed by atoms with E-state index in [1.807, 2.05) is 0 Å². The number of nitrogens with one attached hydrogen (secondary N) is 1. The number of hydrogen-bond acceptors (Lipinski definition) is 2. The molecule has 2 aliphatic heterocycles. The summed E-state index contributed by atoms with van der Waals surface area (Å²) >= 11 is 6.19. The van der Waals surface area contributed by atoms with Gasteiger partial charge in [-0.15, -0.1) is 12.3 Å². The molecule has 0 unspecified atom stereocenters. The lowest BCUT2D eigenvalue weighted by Gasteiger charge is -2.30. The van der Waals surface area contributed by atoms with Gasteiger partial charge >= 0.3 is 0 Å². The van der Waals surface area contributed by atoms with Gasteiger partial charge in [-0.1, -0.05) is 11.6 Å². The van der Waals surface area contributed by atoms with Crippen LogP contribution in [0.2, 0.25) is 5.02 Å². The smallest absolute Gasteiger partial charge is 0.255 e. The van der Waals surface area contributed by atoms with Crippen LogP contribution in [0.3, 0.4) is 0 Å². The van der Waals surface area contributed by atoms with Crippen LogP contribution in [-0.2, 0) is 11.2 Å². The second-order valence-electron chi connectivity index (χ2n) is 5.45. The van der Waals surface area contributed by atoms with E-state index in [2.05, 4.69) is 11.2 Å². The summed E-state index contributed by atoms with van der Waals surface area (Å²) in [5.74, 6) is 2.84. The average Bonchev–Trinajstić information content (AvgIpc) is 2.85. The van der Waals surface area contributed by atoms with Gasteiger partial charge in [0.25, 0.3) is 5.91 Å². The zero-order chi connectivity index (χ0) is 15.0. The SMILES string of the molecule is C#CC1CCN(C(=O)c2cc3c(cc2Cl)NC(=O)C3)CC1. The highest BCUT2D eigenvalue weighted by Crippen LogP contribution is 2.31. The summed E-state index contributed by atoms with van der Waals surface area (Å²) in [6.07, 6.45) is 7.37. The quantitative estimate of drug-likeness (QED) is 0.809. The van der Waals surface area contributed by atoms with Crippen molar-refractivity contribution in [2.75, 3.05) is 18.4 Å². The molecule has 0 bridgehead atoms. The maximum Gasteiger partial charge on any atom is 0.255 e. The molecule has 3 rings (SSSR count). The van der Waals surface area contributed by atoms with E-state index in [9.17, 15) is 9.59 Å². The second kappa shape index (κ2) is 5.42. The Morgan fingerprint density at radius 2 is 2.10 bits per heavy atom. The first-order valence-electron chi connectivity index (χ1n) is 6.96. The van der Waals surface area contributed by atoms with Crippen molar-refractivity contribution in [1.29, 1.82) is 0 Å². The summed E-state index contributed by atoms with van der Waals surface area (Å²) in [7, 11) is 0. The first-order valence-corrected chi connectivity index (χ1v) is 7.34. The first-order chi connectivity index (χ1) is 10.1. The molecular weight excluding hydrogens is 288 g/mol. The molecule has 1 fully saturated rings. The number of anilines is 1. The van der Waals surface area contributed by atoms with E-state index < -0.39 is 0 Å². The van der Waals surface area contributed by atoms with E-state index in [0.717, 1.165) is 18.4 Å². The van der Waals surface area contributed by atoms with Crippen molar-refractivity contribution < 1.29 is 9.59 Å². The Labute approximate surface area is 128 Å². The molecule has 5 heteroatoms. The van der Waals surface area contributed by atoms with Gasteiger partial charge in [-0.3, -0.25) is 9.59 Å². The van der Waals surface area contributed by atoms with Gasteiger partial charge in [0, 0.05) is 24.7 Å². The molecule has 0 saturated carbocycles. The molecule has 108 valence electrons. The van der Waals surface area contributed by atoms with Crippen molar-refractivity contribution in [1.82, 2.24) is 4.90 Å². The largest absolute Gasteiger partial charge is 0.339 e. The van der Waals surface area contributed by atoms with Crippen molar-refractivity contribution >= 4 is 29.1 Å². The van der Waals surface area contributed by atoms with Crippen LogP contribution in [0, 0.1) is 18.3 Å². The third-order valence-electron chi connectivity index (χ3n) is 4.07. The van der Waals surface area contributed by atoms with Gasteiger partial charge in [0.05, 0.1) is 17.0 Å². The van der Waals surface area contributed by atoms with Crippen molar-refractivity contribution in [3.63, 3.8) is 0 Å². The summed E-state index contributed by atoms with van der Waals surface area (Å²) in [4.78, 5) is 25.8. The minimum absolute atomic E-state index is 0.0690. The molecule has 21 heavy (non-hydrogen) atoms. The molecule has 2 amide bonds. The normalized spacial score (nSPS) is 18.1. The predicted molar refractivity (Wildman–Crippen MR) is 81.2 cm³/mol. The monoisotopic (exact) mass is 302 g/mol. The fourth-order valence-electron chi connectivity index (χ4n) is 2.83. The number of carbonyl (C=O) groups excluding carboxylic acids is 2. The van der Waals surface area contributed by atoms with E-state index in [1.165, 1.54) is 0 Å². The number of piperidine rings is 1. The number of hydrogen-bond donors (Lipinski definition) is 1. The number of benzene rings is 1. The van der Waals surface area contributed by atoms with Crippen molar-refractivity contribution in [3.05, 3.63) is 28.3 Å². The molecule has 0 atom stereocenters. The number of rotatable bonds is 1. The number of amides is 2. The van der Waals surface area contributed by atoms with Crippen LogP contribution < -0.4 is 5.32 Å². The Morgan fingerprint density at radius 1 is 1.38 bits per heavy atom. The highest BCUT2D eigenvalue weighted by molar-refractivity contribution is 6.34. The molecule has 4 nitrogen and oxygen atoms in total. The van der Waals surface area contributed by atoms with E-state index >= 15 is 0 Å². The summed E-state index contributed by atoms with van der Waals surface area (Å²) in [5.41, 5.74) is 1.99. The second-order valence-corrected chi connectivity index (χ2v) is 5.85. The van der Waals surface area contributed by atoms with Gasteiger partial charge in [-0.2, -0.15) is 0 Å². The molecule has 0 spiro atoms. The molecule has 1 aromatic carbocycles. The zero-order valence-electron chi connectivity index (χ0n) is 11.5. The lowest BCUT2D eigenvalue weighted by molar-refractivity contribution is -0.115. The predicted octanol–water partition coefficient (Wildman–Crippen LogP) is 2.32. The van der Waals surface area contributed by atoms with E-state index in [-0.39, 0.29) is 17.7 Å². The molecule has 1 aromatic rings. The summed E-state index contributed by atoms with van der Waals surface area (Å²) in [5, 5.41) is 3.10. The lowest BCUT2D eigenvalue weighted by Crippen LogP contribution is -2.38. The average molecular weight is 303 g/mol. The highest BCUT2D eigenvalue weighted by atomic mass is 35.5. The minimum atomic E-state index is -0.0855. The van der Waals surface area contributed by atoms with Gasteiger partial charge in [0.2, 0.25) is 5.91 Å². The zero-order valence-corrected chi connectivity index (χ0v) is 12.2. The van der Waals surface area contributed by atoms with Crippen LogP contribution in [0.5, 0.6) is 0 Å². The van der Waals surface area contributed by atoms with Gasteiger partial charge in [0.15, 0.2) is 0 Å². The van der Waals surface area contributed by atoms with E-state index in [1.54, 1.807) is 17.0 Å². The molecular formula is C16H15ClN2O2. The van der Waals surface area contributed by atoms with Crippen LogP contribution in [0.4, 0.5) is 5.69 Å². The fraction of sp³-hybridized carbons (Fsp3) is 0.375. The number of terminal acetylenes is 1. The number of carbonyl (C=O) groups is 2. The van der Waals surface area contributed by atoms with Crippen molar-refractivity contribution in [3.8, 4) is 12.3 Å². The van der Waals surface area contributed by atoms with Gasteiger partial charge in [0.1, 0.15) is 0 Å². The summed E-state index contributed by atoms with van der Waals surface area (Å²) in [6.45, 7) is 1.30. The summed E-state index contributed by atoms with van der Waals surface area (Å²) in [6, 6.07) is 3.38. The Hall–Kier alpha value is -1.99. The maximum absolute atomic E-state index is 12.6. The van der Waals surface area contributed by atoms with Crippen LogP contribution in [0.1, 0.15) is 28.8 Å². The van der Waals surface area contributed by atoms with Gasteiger partial charge in [-0.05, 0) is 30.5 Å². The van der Waals surface area contributed by atoms with Crippen LogP contribution in [0.25, 0.3) is 0 Å². The van der Waals surface area contributed by atoms with Gasteiger partial charge in [-0.25, -0.2) is 0 Å². The molecule has 0 radical (unpaired) electrons. The Kier molecular flexibility index (Phi) is 3.60. The molecule has 0 aromatic heterocycles. The number of halogens is 1. The van der Waals surface area contributed by atoms with Crippen LogP contribution in [-0.4, -0.2) is 29.8 Å². The molecule has 2 aliphatic rings. The molecule has 1 saturated heterocycles. The fourth-order valence-corrected chi connectivity index (χ4v) is 3.08. The maximum atomic E-state index is 12.6. The molecule has 0 aliphatic carbocycles. The first kappa shape index (κ1) is 14.0. The Bertz CT molecular complexity index is 655. The third-order valence-corrected chi connectivity index (χ3v) is 4.38. The van der Waals surface area contributed by atoms with Crippen LogP contribution in [0.15, 0.2) is 12.1 Å². The topological polar surface area (TPSA) is 49.4 Å². The van der Waals surface area contributed by atoms with Crippen LogP contribution >= 0.6 is 11.6 Å². The lowest BCUT2D eigenvalue weighted by atomic mass is 9.97. The summed E-state index contributed by atoms with van der Waals surface area (Å²) < 4.78 is 0. The van der Waals surface area contributed by atoms with E-state index in [0.29, 0.717) is 35.8 Å². The standard InChI is InChI=1S/C16H15ClN2O2/c1-2-10-3-5-19(6-4-10)16(21)12-7-11-8-15(20)18-14(11)9-13(12)17/h1,7,9-10H,3-6,8H2,(H,18,20). The third kappa shape index (κ3) is 2.62. The number of likely N-dealkylation sites (tertiary alicyclic amines) is 1. The highest BCUT2D eigenvalue weighted by Gasteiger charge is 2.26. The molecule has 1 N–H and O–H groups in total. The number of nitrogens with zero attached hydrogens (tertiary/aromatic N) is 1. The van der Waals surface area contributed by atoms with Crippen molar-refractivity contribution in [2.24, 2.45) is 5.92 Å². The van der Waals surface area contributed by atoms with Crippen molar-refractivity contribution in [2.45, 2.75) is 19.3 Å².